The summed E-state index contributed by atoms with van der Waals surface area (Å²) in [5, 5.41) is 5.86. The van der Waals surface area contributed by atoms with Gasteiger partial charge in [0.05, 0.1) is 18.1 Å². The van der Waals surface area contributed by atoms with Crippen molar-refractivity contribution in [1.29, 1.82) is 0 Å². The number of nitrogens with zero attached hydrogens (tertiary/aromatic N) is 3. The number of nitrogens with one attached hydrogen (secondary N) is 1. The Labute approximate surface area is 147 Å². The van der Waals surface area contributed by atoms with E-state index in [2.05, 4.69) is 10.1 Å². The van der Waals surface area contributed by atoms with Gasteiger partial charge in [-0.1, -0.05) is 33.5 Å². The summed E-state index contributed by atoms with van der Waals surface area (Å²) < 4.78 is 6.84. The molecule has 0 radical (unpaired) electrons. The fourth-order valence-electron chi connectivity index (χ4n) is 2.76. The molecule has 2 aromatic heterocycles. The molecule has 6 nitrogen and oxygen atoms in total. The lowest BCUT2D eigenvalue weighted by Crippen LogP contribution is -2.38. The Morgan fingerprint density at radius 1 is 1.12 bits per heavy atom. The van der Waals surface area contributed by atoms with Gasteiger partial charge in [-0.25, -0.2) is 0 Å². The van der Waals surface area contributed by atoms with Crippen LogP contribution in [0, 0.1) is 0 Å². The van der Waals surface area contributed by atoms with Gasteiger partial charge in [0.25, 0.3) is 0 Å². The predicted octanol–water partition coefficient (Wildman–Crippen LogP) is 2.45. The van der Waals surface area contributed by atoms with E-state index in [1.807, 2.05) is 54.8 Å². The Hall–Kier alpha value is -2.93. The number of rotatable bonds is 3. The molecule has 0 aliphatic carbocycles. The molecule has 7 heteroatoms. The number of hydrogen-bond donors (Lipinski definition) is 1. The summed E-state index contributed by atoms with van der Waals surface area (Å²) in [5.41, 5.74) is 1.89. The molecular weight excluding hydrogens is 336 g/mol. The molecule has 0 amide bonds. The van der Waals surface area contributed by atoms with Gasteiger partial charge in [-0.15, -0.1) is 0 Å². The van der Waals surface area contributed by atoms with Crippen molar-refractivity contribution in [2.75, 3.05) is 13.4 Å². The average molecular weight is 351 g/mol. The molecule has 0 saturated carbocycles. The molecule has 0 aliphatic heterocycles. The Morgan fingerprint density at radius 2 is 1.88 bits per heavy atom. The summed E-state index contributed by atoms with van der Waals surface area (Å²) >= 11 is 1.38. The van der Waals surface area contributed by atoms with Crippen LogP contribution in [0.2, 0.25) is 0 Å². The van der Waals surface area contributed by atoms with Crippen LogP contribution < -0.4 is 14.8 Å². The van der Waals surface area contributed by atoms with Crippen LogP contribution in [0.25, 0.3) is 27.8 Å². The number of methoxy groups -OCH3 is 1. The van der Waals surface area contributed by atoms with Gasteiger partial charge in [-0.3, -0.25) is 9.78 Å². The predicted molar refractivity (Wildman–Crippen MR) is 97.1 cm³/mol. The van der Waals surface area contributed by atoms with Crippen molar-refractivity contribution in [3.8, 4) is 17.1 Å². The minimum Gasteiger partial charge on any atom is -0.497 e. The fraction of sp³-hybridized carbons (Fsp3) is 0.111. The van der Waals surface area contributed by atoms with Crippen molar-refractivity contribution < 1.29 is 9.25 Å². The third-order valence-electron chi connectivity index (χ3n) is 3.97. The molecule has 2 heterocycles. The largest absolute Gasteiger partial charge is 0.497 e. The third-order valence-corrected chi connectivity index (χ3v) is 4.54. The van der Waals surface area contributed by atoms with E-state index >= 15 is 0 Å². The number of H-pyrrole nitrogens is 1. The van der Waals surface area contributed by atoms with Gasteiger partial charge < -0.3 is 4.74 Å². The molecule has 0 atom stereocenters. The van der Waals surface area contributed by atoms with Gasteiger partial charge in [0.1, 0.15) is 5.75 Å². The molecule has 0 aliphatic rings. The highest BCUT2D eigenvalue weighted by molar-refractivity contribution is 7.98. The van der Waals surface area contributed by atoms with E-state index in [1.54, 1.807) is 11.6 Å². The van der Waals surface area contributed by atoms with Crippen molar-refractivity contribution in [3.05, 3.63) is 58.9 Å². The summed E-state index contributed by atoms with van der Waals surface area (Å²) in [6, 6.07) is 15.1. The zero-order chi connectivity index (χ0) is 17.4. The van der Waals surface area contributed by atoms with Gasteiger partial charge in [0, 0.05) is 0 Å². The summed E-state index contributed by atoms with van der Waals surface area (Å²) in [4.78, 5) is 20.2. The lowest BCUT2D eigenvalue weighted by molar-refractivity contribution is -0.577. The van der Waals surface area contributed by atoms with Gasteiger partial charge in [0.2, 0.25) is 10.7 Å². The number of benzene rings is 2. The summed E-state index contributed by atoms with van der Waals surface area (Å²) in [7, 11) is 1.62. The molecule has 0 fully saturated rings. The Bertz CT molecular complexity index is 1140. The number of fused-ring (bicyclic) bond motifs is 3. The highest BCUT2D eigenvalue weighted by Crippen LogP contribution is 2.21. The second kappa shape index (κ2) is 6.18. The maximum absolute atomic E-state index is 12.7. The fourth-order valence-corrected chi connectivity index (χ4v) is 3.12. The average Bonchev–Trinajstić information content (AvgIpc) is 2.67. The molecule has 4 aromatic rings. The Kier molecular flexibility index (Phi) is 3.85. The van der Waals surface area contributed by atoms with Crippen LogP contribution in [0.1, 0.15) is 0 Å². The third kappa shape index (κ3) is 2.62. The topological polar surface area (TPSA) is 72.0 Å². The Balaban J connectivity index is 2.13. The first-order valence-electron chi connectivity index (χ1n) is 7.65. The van der Waals surface area contributed by atoms with E-state index in [0.717, 1.165) is 22.2 Å². The lowest BCUT2D eigenvalue weighted by Gasteiger charge is -2.04. The van der Waals surface area contributed by atoms with E-state index in [0.29, 0.717) is 16.5 Å². The number of thioether (sulfide) groups is 1. The van der Waals surface area contributed by atoms with E-state index in [-0.39, 0.29) is 5.56 Å². The molecular formula is C18H15N4O2S+. The van der Waals surface area contributed by atoms with Crippen LogP contribution in [0.3, 0.4) is 0 Å². The van der Waals surface area contributed by atoms with Crippen molar-refractivity contribution in [2.45, 2.75) is 5.16 Å². The second-order valence-electron chi connectivity index (χ2n) is 5.40. The van der Waals surface area contributed by atoms with Gasteiger partial charge in [0.15, 0.2) is 5.52 Å². The van der Waals surface area contributed by atoms with Crippen molar-refractivity contribution in [3.63, 3.8) is 0 Å². The first-order valence-corrected chi connectivity index (χ1v) is 8.87. The van der Waals surface area contributed by atoms with Gasteiger partial charge in [-0.2, -0.15) is 0 Å². The molecule has 0 spiro atoms. The first kappa shape index (κ1) is 15.6. The first-order chi connectivity index (χ1) is 12.2. The SMILES string of the molecule is COc1ccc(-c2nc3ccccc3c3c(=O)[nH]c(SC)n[n+]23)cc1. The minimum absolute atomic E-state index is 0.187. The van der Waals surface area contributed by atoms with Gasteiger partial charge >= 0.3 is 11.4 Å². The van der Waals surface area contributed by atoms with Crippen LogP contribution in [0.5, 0.6) is 5.75 Å². The molecule has 4 rings (SSSR count). The molecule has 0 unspecified atom stereocenters. The van der Waals surface area contributed by atoms with Crippen LogP contribution in [-0.2, 0) is 0 Å². The minimum atomic E-state index is -0.187. The zero-order valence-electron chi connectivity index (χ0n) is 13.7. The summed E-state index contributed by atoms with van der Waals surface area (Å²) in [5.74, 6) is 1.37. The van der Waals surface area contributed by atoms with E-state index < -0.39 is 0 Å². The van der Waals surface area contributed by atoms with E-state index in [4.69, 9.17) is 9.72 Å². The van der Waals surface area contributed by atoms with E-state index in [1.165, 1.54) is 11.8 Å². The Morgan fingerprint density at radius 3 is 2.60 bits per heavy atom. The lowest BCUT2D eigenvalue weighted by atomic mass is 10.1. The normalized spacial score (nSPS) is 11.1. The molecule has 1 N–H and O–H groups in total. The quantitative estimate of drug-likeness (QED) is 0.349. The maximum Gasteiger partial charge on any atom is 0.356 e. The van der Waals surface area contributed by atoms with Crippen LogP contribution in [-0.4, -0.2) is 28.4 Å². The number of aromatic nitrogens is 4. The number of ether oxygens (including phenoxy) is 1. The van der Waals surface area contributed by atoms with Crippen molar-refractivity contribution in [2.24, 2.45) is 0 Å². The zero-order valence-corrected chi connectivity index (χ0v) is 14.5. The molecule has 0 saturated heterocycles. The highest BCUT2D eigenvalue weighted by atomic mass is 32.2. The smallest absolute Gasteiger partial charge is 0.356 e. The standard InChI is InChI=1S/C18H14N4O2S/c1-24-12-9-7-11(8-10-12)16-19-14-6-4-3-5-13(14)15-17(23)20-18(25-2)21-22(15)16/h3-10H,1-2H3/p+1. The van der Waals surface area contributed by atoms with E-state index in [9.17, 15) is 4.79 Å². The summed E-state index contributed by atoms with van der Waals surface area (Å²) in [6.07, 6.45) is 1.87. The molecule has 2 aromatic carbocycles. The summed E-state index contributed by atoms with van der Waals surface area (Å²) in [6.45, 7) is 0. The number of hydrogen-bond acceptors (Lipinski definition) is 5. The van der Waals surface area contributed by atoms with Crippen molar-refractivity contribution in [1.82, 2.24) is 15.1 Å². The van der Waals surface area contributed by atoms with Crippen LogP contribution in [0.4, 0.5) is 0 Å². The maximum atomic E-state index is 12.7. The van der Waals surface area contributed by atoms with Crippen LogP contribution >= 0.6 is 11.8 Å². The van der Waals surface area contributed by atoms with Gasteiger partial charge in [-0.05, 0) is 47.6 Å². The van der Waals surface area contributed by atoms with Crippen LogP contribution in [0.15, 0.2) is 58.5 Å². The van der Waals surface area contributed by atoms with Crippen molar-refractivity contribution >= 4 is 28.2 Å². The molecule has 25 heavy (non-hydrogen) atoms. The molecule has 0 bridgehead atoms. The number of aromatic amines is 1. The number of para-hydroxylation sites is 1. The molecule has 124 valence electrons. The second-order valence-corrected chi connectivity index (χ2v) is 6.20. The monoisotopic (exact) mass is 351 g/mol. The highest BCUT2D eigenvalue weighted by Gasteiger charge is 2.23.